The van der Waals surface area contributed by atoms with Crippen LogP contribution in [0.2, 0.25) is 0 Å². The Labute approximate surface area is 112 Å². The molecule has 1 aliphatic rings. The van der Waals surface area contributed by atoms with Gasteiger partial charge in [0.15, 0.2) is 0 Å². The molecule has 0 aromatic rings. The molecule has 4 nitrogen and oxygen atoms in total. The van der Waals surface area contributed by atoms with Gasteiger partial charge in [0.05, 0.1) is 5.54 Å². The number of unbranched alkanes of at least 4 members (excludes halogenated alkanes) is 2. The highest BCUT2D eigenvalue weighted by Crippen LogP contribution is 2.18. The number of nitrogens with zero attached hydrogens (tertiary/aromatic N) is 2. The molecule has 1 N–H and O–H groups in total. The fourth-order valence-electron chi connectivity index (χ4n) is 2.53. The quantitative estimate of drug-likeness (QED) is 0.727. The lowest BCUT2D eigenvalue weighted by atomic mass is 9.99. The van der Waals surface area contributed by atoms with Crippen LogP contribution in [-0.4, -0.2) is 61.0 Å². The highest BCUT2D eigenvalue weighted by atomic mass is 16.2. The molecule has 0 aromatic carbocycles. The molecule has 18 heavy (non-hydrogen) atoms. The van der Waals surface area contributed by atoms with Gasteiger partial charge in [0.1, 0.15) is 0 Å². The summed E-state index contributed by atoms with van der Waals surface area (Å²) in [5.41, 5.74) is -0.372. The van der Waals surface area contributed by atoms with Crippen LogP contribution in [0.1, 0.15) is 40.0 Å². The van der Waals surface area contributed by atoms with Crippen LogP contribution in [0.4, 0.5) is 0 Å². The smallest absolute Gasteiger partial charge is 0.242 e. The number of carbonyl (C=O) groups is 1. The molecule has 1 saturated heterocycles. The summed E-state index contributed by atoms with van der Waals surface area (Å²) in [4.78, 5) is 16.7. The standard InChI is InChI=1S/C14H29N3O/c1-5-6-7-10-16(4)13(18)14(2,3)17-11-8-15-9-12-17/h15H,5-12H2,1-4H3. The topological polar surface area (TPSA) is 35.6 Å². The van der Waals surface area contributed by atoms with Crippen molar-refractivity contribution in [1.82, 2.24) is 15.1 Å². The highest BCUT2D eigenvalue weighted by Gasteiger charge is 2.36. The molecular formula is C14H29N3O. The maximum Gasteiger partial charge on any atom is 0.242 e. The summed E-state index contributed by atoms with van der Waals surface area (Å²) in [5, 5.41) is 3.33. The van der Waals surface area contributed by atoms with Gasteiger partial charge in [0.25, 0.3) is 0 Å². The molecular weight excluding hydrogens is 226 g/mol. The third-order valence-corrected chi connectivity index (χ3v) is 3.87. The van der Waals surface area contributed by atoms with Gasteiger partial charge in [0.2, 0.25) is 5.91 Å². The van der Waals surface area contributed by atoms with E-state index in [1.54, 1.807) is 0 Å². The van der Waals surface area contributed by atoms with E-state index >= 15 is 0 Å². The Morgan fingerprint density at radius 1 is 1.28 bits per heavy atom. The molecule has 1 heterocycles. The van der Waals surface area contributed by atoms with Crippen LogP contribution in [0.3, 0.4) is 0 Å². The molecule has 0 aromatic heterocycles. The fourth-order valence-corrected chi connectivity index (χ4v) is 2.53. The van der Waals surface area contributed by atoms with E-state index in [1.807, 2.05) is 11.9 Å². The van der Waals surface area contributed by atoms with E-state index in [0.717, 1.165) is 39.1 Å². The van der Waals surface area contributed by atoms with Gasteiger partial charge in [-0.15, -0.1) is 0 Å². The van der Waals surface area contributed by atoms with E-state index in [-0.39, 0.29) is 11.4 Å². The zero-order valence-electron chi connectivity index (χ0n) is 12.5. The van der Waals surface area contributed by atoms with Crippen LogP contribution in [-0.2, 0) is 4.79 Å². The Morgan fingerprint density at radius 2 is 1.89 bits per heavy atom. The average Bonchev–Trinajstić information content (AvgIpc) is 2.39. The highest BCUT2D eigenvalue weighted by molar-refractivity contribution is 5.85. The van der Waals surface area contributed by atoms with Crippen molar-refractivity contribution in [3.63, 3.8) is 0 Å². The lowest BCUT2D eigenvalue weighted by Gasteiger charge is -2.41. The van der Waals surface area contributed by atoms with Gasteiger partial charge >= 0.3 is 0 Å². The lowest BCUT2D eigenvalue weighted by molar-refractivity contribution is -0.141. The second-order valence-corrected chi connectivity index (χ2v) is 5.73. The number of rotatable bonds is 6. The third-order valence-electron chi connectivity index (χ3n) is 3.87. The van der Waals surface area contributed by atoms with Gasteiger partial charge in [-0.05, 0) is 20.3 Å². The van der Waals surface area contributed by atoms with Gasteiger partial charge in [-0.3, -0.25) is 9.69 Å². The summed E-state index contributed by atoms with van der Waals surface area (Å²) in [6, 6.07) is 0. The molecule has 1 rings (SSSR count). The predicted molar refractivity (Wildman–Crippen MR) is 75.7 cm³/mol. The molecule has 4 heteroatoms. The van der Waals surface area contributed by atoms with Crippen molar-refractivity contribution in [1.29, 1.82) is 0 Å². The molecule has 0 aliphatic carbocycles. The van der Waals surface area contributed by atoms with Crippen LogP contribution >= 0.6 is 0 Å². The summed E-state index contributed by atoms with van der Waals surface area (Å²) >= 11 is 0. The molecule has 0 spiro atoms. The molecule has 0 atom stereocenters. The molecule has 0 saturated carbocycles. The average molecular weight is 255 g/mol. The maximum atomic E-state index is 12.5. The number of carbonyl (C=O) groups excluding carboxylic acids is 1. The normalized spacial score (nSPS) is 17.8. The Morgan fingerprint density at radius 3 is 2.44 bits per heavy atom. The van der Waals surface area contributed by atoms with E-state index in [9.17, 15) is 4.79 Å². The number of piperazine rings is 1. The van der Waals surface area contributed by atoms with E-state index in [2.05, 4.69) is 31.0 Å². The van der Waals surface area contributed by atoms with Gasteiger partial charge in [-0.2, -0.15) is 0 Å². The first-order valence-electron chi connectivity index (χ1n) is 7.21. The Hall–Kier alpha value is -0.610. The summed E-state index contributed by atoms with van der Waals surface area (Å²) in [6.45, 7) is 11.1. The van der Waals surface area contributed by atoms with Gasteiger partial charge in [-0.1, -0.05) is 19.8 Å². The van der Waals surface area contributed by atoms with E-state index in [0.29, 0.717) is 0 Å². The number of hydrogen-bond donors (Lipinski definition) is 1. The Bertz CT molecular complexity index is 260. The molecule has 0 radical (unpaired) electrons. The van der Waals surface area contributed by atoms with E-state index in [1.165, 1.54) is 12.8 Å². The van der Waals surface area contributed by atoms with E-state index in [4.69, 9.17) is 0 Å². The minimum absolute atomic E-state index is 0.250. The van der Waals surface area contributed by atoms with E-state index < -0.39 is 0 Å². The zero-order chi connectivity index (χ0) is 13.6. The van der Waals surface area contributed by atoms with Gasteiger partial charge in [-0.25, -0.2) is 0 Å². The largest absolute Gasteiger partial charge is 0.344 e. The first-order chi connectivity index (χ1) is 8.50. The predicted octanol–water partition coefficient (Wildman–Crippen LogP) is 1.32. The third kappa shape index (κ3) is 3.95. The molecule has 1 amide bonds. The SMILES string of the molecule is CCCCCN(C)C(=O)C(C)(C)N1CCNCC1. The Balaban J connectivity index is 2.51. The van der Waals surface area contributed by atoms with Crippen LogP contribution in [0.25, 0.3) is 0 Å². The summed E-state index contributed by atoms with van der Waals surface area (Å²) in [7, 11) is 1.93. The zero-order valence-corrected chi connectivity index (χ0v) is 12.5. The fraction of sp³-hybridized carbons (Fsp3) is 0.929. The van der Waals surface area contributed by atoms with Gasteiger partial charge < -0.3 is 10.2 Å². The van der Waals surface area contributed by atoms with Crippen molar-refractivity contribution in [3.05, 3.63) is 0 Å². The van der Waals surface area contributed by atoms with Crippen molar-refractivity contribution in [3.8, 4) is 0 Å². The lowest BCUT2D eigenvalue weighted by Crippen LogP contribution is -2.60. The monoisotopic (exact) mass is 255 g/mol. The van der Waals surface area contributed by atoms with Crippen LogP contribution in [0.5, 0.6) is 0 Å². The van der Waals surface area contributed by atoms with Crippen LogP contribution in [0, 0.1) is 0 Å². The summed E-state index contributed by atoms with van der Waals surface area (Å²) in [6.07, 6.45) is 3.51. The molecule has 106 valence electrons. The minimum atomic E-state index is -0.372. The second-order valence-electron chi connectivity index (χ2n) is 5.73. The van der Waals surface area contributed by atoms with Gasteiger partial charge in [0, 0.05) is 39.8 Å². The molecule has 1 aliphatic heterocycles. The number of likely N-dealkylation sites (N-methyl/N-ethyl adjacent to an activating group) is 1. The first-order valence-corrected chi connectivity index (χ1v) is 7.21. The van der Waals surface area contributed by atoms with Crippen molar-refractivity contribution < 1.29 is 4.79 Å². The number of nitrogens with one attached hydrogen (secondary N) is 1. The first kappa shape index (κ1) is 15.4. The summed E-state index contributed by atoms with van der Waals surface area (Å²) < 4.78 is 0. The molecule has 0 unspecified atom stereocenters. The maximum absolute atomic E-state index is 12.5. The van der Waals surface area contributed by atoms with Crippen molar-refractivity contribution >= 4 is 5.91 Å². The van der Waals surface area contributed by atoms with Crippen LogP contribution in [0.15, 0.2) is 0 Å². The number of amides is 1. The molecule has 1 fully saturated rings. The minimum Gasteiger partial charge on any atom is -0.344 e. The Kier molecular flexibility index (Phi) is 6.09. The summed E-state index contributed by atoms with van der Waals surface area (Å²) in [5.74, 6) is 0.250. The second kappa shape index (κ2) is 7.10. The number of hydrogen-bond acceptors (Lipinski definition) is 3. The molecule has 0 bridgehead atoms. The van der Waals surface area contributed by atoms with Crippen molar-refractivity contribution in [2.45, 2.75) is 45.6 Å². The van der Waals surface area contributed by atoms with Crippen molar-refractivity contribution in [2.24, 2.45) is 0 Å². The van der Waals surface area contributed by atoms with Crippen molar-refractivity contribution in [2.75, 3.05) is 39.8 Å². The van der Waals surface area contributed by atoms with Crippen LogP contribution < -0.4 is 5.32 Å².